The number of halogens is 1. The molecule has 4 aromatic rings. The van der Waals surface area contributed by atoms with Gasteiger partial charge in [0.15, 0.2) is 0 Å². The quantitative estimate of drug-likeness (QED) is 0.436. The lowest BCUT2D eigenvalue weighted by atomic mass is 10.0. The van der Waals surface area contributed by atoms with Crippen LogP contribution in [0.4, 0.5) is 4.39 Å². The Morgan fingerprint density at radius 1 is 1.18 bits per heavy atom. The van der Waals surface area contributed by atoms with Crippen molar-refractivity contribution in [3.63, 3.8) is 0 Å². The molecule has 0 unspecified atom stereocenters. The number of fused-ring (bicyclic) bond motifs is 1. The number of aromatic amines is 1. The molecule has 2 N–H and O–H groups in total. The van der Waals surface area contributed by atoms with Gasteiger partial charge in [0.05, 0.1) is 29.4 Å². The van der Waals surface area contributed by atoms with Crippen LogP contribution in [0.1, 0.15) is 33.2 Å². The largest absolute Gasteiger partial charge is 0.492 e. The number of nitrogens with one attached hydrogen (secondary N) is 2. The van der Waals surface area contributed by atoms with Crippen molar-refractivity contribution in [2.45, 2.75) is 13.5 Å². The van der Waals surface area contributed by atoms with Gasteiger partial charge in [-0.15, -0.1) is 0 Å². The van der Waals surface area contributed by atoms with Crippen molar-refractivity contribution in [3.05, 3.63) is 71.6 Å². The minimum absolute atomic E-state index is 0.106. The number of aromatic nitrogens is 4. The second-order valence-corrected chi connectivity index (χ2v) is 7.57. The number of H-pyrrole nitrogens is 1. The zero-order chi connectivity index (χ0) is 24.2. The molecule has 0 radical (unpaired) electrons. The molecule has 34 heavy (non-hydrogen) atoms. The van der Waals surface area contributed by atoms with E-state index in [1.165, 1.54) is 31.4 Å². The molecule has 0 spiro atoms. The second kappa shape index (κ2) is 9.65. The second-order valence-electron chi connectivity index (χ2n) is 7.57. The van der Waals surface area contributed by atoms with Gasteiger partial charge in [0.25, 0.3) is 11.8 Å². The number of rotatable bonds is 7. The van der Waals surface area contributed by atoms with Gasteiger partial charge in [-0.2, -0.15) is 5.10 Å². The molecule has 3 heterocycles. The number of ether oxygens (including phenoxy) is 1. The molecule has 0 saturated heterocycles. The minimum Gasteiger partial charge on any atom is -0.492 e. The van der Waals surface area contributed by atoms with Gasteiger partial charge in [0.1, 0.15) is 17.3 Å². The molecule has 174 valence electrons. The highest BCUT2D eigenvalue weighted by molar-refractivity contribution is 5.96. The Morgan fingerprint density at radius 2 is 2.00 bits per heavy atom. The van der Waals surface area contributed by atoms with Crippen molar-refractivity contribution < 1.29 is 18.7 Å². The highest BCUT2D eigenvalue weighted by Crippen LogP contribution is 2.30. The predicted molar refractivity (Wildman–Crippen MR) is 124 cm³/mol. The molecule has 2 amide bonds. The first-order chi connectivity index (χ1) is 16.4. The van der Waals surface area contributed by atoms with Gasteiger partial charge in [-0.1, -0.05) is 0 Å². The van der Waals surface area contributed by atoms with Crippen LogP contribution in [0, 0.1) is 5.82 Å². The monoisotopic (exact) mass is 462 g/mol. The number of hydrogen-bond acceptors (Lipinski definition) is 6. The Kier molecular flexibility index (Phi) is 6.48. The van der Waals surface area contributed by atoms with Crippen molar-refractivity contribution in [1.82, 2.24) is 30.4 Å². The van der Waals surface area contributed by atoms with Crippen LogP contribution < -0.4 is 10.1 Å². The first kappa shape index (κ1) is 22.8. The van der Waals surface area contributed by atoms with Crippen molar-refractivity contribution in [2.24, 2.45) is 0 Å². The van der Waals surface area contributed by atoms with Crippen LogP contribution >= 0.6 is 0 Å². The standard InChI is InChI=1S/C24H23FN6O3/c1-4-34-20-8-15(11-28-22(20)14-5-6-19(25)18(7-14)23(32)26-2)24(33)31(3)13-17-10-27-9-16-12-29-30-21(16)17/h5-12H,4,13H2,1-3H3,(H,26,32)(H,29,30). The first-order valence-electron chi connectivity index (χ1n) is 10.6. The third kappa shape index (κ3) is 4.42. The van der Waals surface area contributed by atoms with Gasteiger partial charge in [0, 0.05) is 55.7 Å². The highest BCUT2D eigenvalue weighted by Gasteiger charge is 2.19. The third-order valence-corrected chi connectivity index (χ3v) is 5.30. The fourth-order valence-electron chi connectivity index (χ4n) is 3.62. The zero-order valence-corrected chi connectivity index (χ0v) is 18.9. The lowest BCUT2D eigenvalue weighted by molar-refractivity contribution is 0.0784. The van der Waals surface area contributed by atoms with E-state index in [-0.39, 0.29) is 11.5 Å². The molecule has 0 fully saturated rings. The number of carbonyl (C=O) groups is 2. The lowest BCUT2D eigenvalue weighted by Crippen LogP contribution is -2.26. The molecule has 10 heteroatoms. The van der Waals surface area contributed by atoms with Crippen LogP contribution in [-0.4, -0.2) is 57.6 Å². The fourth-order valence-corrected chi connectivity index (χ4v) is 3.62. The number of nitrogens with zero attached hydrogens (tertiary/aromatic N) is 4. The van der Waals surface area contributed by atoms with Gasteiger partial charge in [-0.25, -0.2) is 4.39 Å². The van der Waals surface area contributed by atoms with E-state index in [1.54, 1.807) is 36.6 Å². The lowest BCUT2D eigenvalue weighted by Gasteiger charge is -2.18. The Bertz CT molecular complexity index is 1370. The summed E-state index contributed by atoms with van der Waals surface area (Å²) in [4.78, 5) is 35.3. The van der Waals surface area contributed by atoms with Gasteiger partial charge >= 0.3 is 0 Å². The number of pyridine rings is 2. The Labute approximate surface area is 195 Å². The van der Waals surface area contributed by atoms with E-state index in [0.29, 0.717) is 35.7 Å². The first-order valence-corrected chi connectivity index (χ1v) is 10.6. The molecule has 4 rings (SSSR count). The van der Waals surface area contributed by atoms with Crippen molar-refractivity contribution in [1.29, 1.82) is 0 Å². The van der Waals surface area contributed by atoms with Gasteiger partial charge in [0.2, 0.25) is 0 Å². The third-order valence-electron chi connectivity index (χ3n) is 5.30. The topological polar surface area (TPSA) is 113 Å². The normalized spacial score (nSPS) is 10.8. The smallest absolute Gasteiger partial charge is 0.255 e. The maximum atomic E-state index is 14.1. The zero-order valence-electron chi connectivity index (χ0n) is 18.9. The van der Waals surface area contributed by atoms with Crippen LogP contribution in [0.5, 0.6) is 5.75 Å². The van der Waals surface area contributed by atoms with E-state index in [9.17, 15) is 14.0 Å². The Morgan fingerprint density at radius 3 is 2.76 bits per heavy atom. The highest BCUT2D eigenvalue weighted by atomic mass is 19.1. The maximum Gasteiger partial charge on any atom is 0.255 e. The van der Waals surface area contributed by atoms with E-state index in [4.69, 9.17) is 4.74 Å². The summed E-state index contributed by atoms with van der Waals surface area (Å²) in [5.41, 5.74) is 2.76. The van der Waals surface area contributed by atoms with Crippen LogP contribution in [0.25, 0.3) is 22.2 Å². The Hall–Kier alpha value is -4.34. The summed E-state index contributed by atoms with van der Waals surface area (Å²) < 4.78 is 19.8. The van der Waals surface area contributed by atoms with Gasteiger partial charge in [-0.05, 0) is 31.2 Å². The van der Waals surface area contributed by atoms with E-state index in [1.807, 2.05) is 6.92 Å². The van der Waals surface area contributed by atoms with E-state index in [0.717, 1.165) is 16.5 Å². The molecular formula is C24H23FN6O3. The summed E-state index contributed by atoms with van der Waals surface area (Å²) in [6.07, 6.45) is 6.51. The molecule has 1 aromatic carbocycles. The van der Waals surface area contributed by atoms with Crippen LogP contribution in [0.3, 0.4) is 0 Å². The number of carbonyl (C=O) groups excluding carboxylic acids is 2. The summed E-state index contributed by atoms with van der Waals surface area (Å²) in [6, 6.07) is 5.72. The molecule has 3 aromatic heterocycles. The average Bonchev–Trinajstić information content (AvgIpc) is 3.34. The molecule has 9 nitrogen and oxygen atoms in total. The fraction of sp³-hybridized carbons (Fsp3) is 0.208. The summed E-state index contributed by atoms with van der Waals surface area (Å²) >= 11 is 0. The van der Waals surface area contributed by atoms with Crippen molar-refractivity contribution in [3.8, 4) is 17.0 Å². The molecule has 0 aliphatic carbocycles. The van der Waals surface area contributed by atoms with Crippen LogP contribution in [0.15, 0.2) is 49.1 Å². The summed E-state index contributed by atoms with van der Waals surface area (Å²) in [6.45, 7) is 2.45. The van der Waals surface area contributed by atoms with Gasteiger partial charge in [-0.3, -0.25) is 24.7 Å². The summed E-state index contributed by atoms with van der Waals surface area (Å²) in [5.74, 6) is -1.10. The molecule has 0 aliphatic heterocycles. The number of benzene rings is 1. The van der Waals surface area contributed by atoms with Crippen molar-refractivity contribution >= 4 is 22.7 Å². The minimum atomic E-state index is -0.642. The average molecular weight is 462 g/mol. The predicted octanol–water partition coefficient (Wildman–Crippen LogP) is 3.19. The SMILES string of the molecule is CCOc1cc(C(=O)N(C)Cc2cncc3cn[nH]c23)cnc1-c1ccc(F)c(C(=O)NC)c1. The van der Waals surface area contributed by atoms with E-state index < -0.39 is 11.7 Å². The number of hydrogen-bond donors (Lipinski definition) is 2. The number of amides is 2. The van der Waals surface area contributed by atoms with E-state index in [2.05, 4.69) is 25.5 Å². The van der Waals surface area contributed by atoms with Gasteiger partial charge < -0.3 is 15.0 Å². The summed E-state index contributed by atoms with van der Waals surface area (Å²) in [7, 11) is 3.11. The molecular weight excluding hydrogens is 439 g/mol. The van der Waals surface area contributed by atoms with Crippen LogP contribution in [-0.2, 0) is 6.54 Å². The van der Waals surface area contributed by atoms with Crippen molar-refractivity contribution in [2.75, 3.05) is 20.7 Å². The Balaban J connectivity index is 1.64. The molecule has 0 aliphatic rings. The summed E-state index contributed by atoms with van der Waals surface area (Å²) in [5, 5.41) is 10.2. The maximum absolute atomic E-state index is 14.1. The van der Waals surface area contributed by atoms with E-state index >= 15 is 0 Å². The molecule has 0 atom stereocenters. The van der Waals surface area contributed by atoms with Crippen LogP contribution in [0.2, 0.25) is 0 Å². The molecule has 0 saturated carbocycles. The molecule has 0 bridgehead atoms.